The van der Waals surface area contributed by atoms with Gasteiger partial charge in [0.1, 0.15) is 11.5 Å². The number of aromatic carboxylic acids is 1. The van der Waals surface area contributed by atoms with Gasteiger partial charge >= 0.3 is 5.97 Å². The Kier molecular flexibility index (Phi) is 4.37. The number of carboxylic acids is 1. The molecule has 1 aromatic carbocycles. The fourth-order valence-corrected chi connectivity index (χ4v) is 2.30. The van der Waals surface area contributed by atoms with E-state index in [1.54, 1.807) is 0 Å². The van der Waals surface area contributed by atoms with Gasteiger partial charge in [0.2, 0.25) is 0 Å². The molecule has 0 aromatic heterocycles. The third kappa shape index (κ3) is 3.27. The van der Waals surface area contributed by atoms with Gasteiger partial charge in [-0.3, -0.25) is 10.1 Å². The quantitative estimate of drug-likeness (QED) is 0.638. The average Bonchev–Trinajstić information content (AvgIpc) is 2.82. The number of carbonyl (C=O) groups is 1. The highest BCUT2D eigenvalue weighted by molar-refractivity contribution is 5.90. The molecule has 0 aliphatic carbocycles. The van der Waals surface area contributed by atoms with Crippen molar-refractivity contribution in [3.63, 3.8) is 0 Å². The van der Waals surface area contributed by atoms with Crippen LogP contribution in [-0.2, 0) is 4.74 Å². The van der Waals surface area contributed by atoms with Gasteiger partial charge in [-0.05, 0) is 19.4 Å². The van der Waals surface area contributed by atoms with Crippen LogP contribution in [0, 0.1) is 21.8 Å². The van der Waals surface area contributed by atoms with Crippen molar-refractivity contribution in [2.45, 2.75) is 19.4 Å². The molecule has 1 heterocycles. The number of hydrogen-bond acceptors (Lipinski definition) is 5. The Bertz CT molecular complexity index is 578. The lowest BCUT2D eigenvalue weighted by Gasteiger charge is -2.16. The number of carboxylic acid groups (broad SMARTS) is 1. The first kappa shape index (κ1) is 15.2. The second kappa shape index (κ2) is 6.04. The summed E-state index contributed by atoms with van der Waals surface area (Å²) in [6.45, 7) is 2.92. The summed E-state index contributed by atoms with van der Waals surface area (Å²) < 4.78 is 18.9. The summed E-state index contributed by atoms with van der Waals surface area (Å²) in [6.07, 6.45) is 0.838. The van der Waals surface area contributed by atoms with Crippen molar-refractivity contribution in [1.29, 1.82) is 0 Å². The van der Waals surface area contributed by atoms with Crippen LogP contribution in [0.3, 0.4) is 0 Å². The Balaban J connectivity index is 2.25. The molecule has 0 spiro atoms. The van der Waals surface area contributed by atoms with Crippen LogP contribution in [-0.4, -0.2) is 35.3 Å². The van der Waals surface area contributed by atoms with Crippen LogP contribution in [0.15, 0.2) is 12.1 Å². The van der Waals surface area contributed by atoms with Gasteiger partial charge in [0.25, 0.3) is 5.69 Å². The van der Waals surface area contributed by atoms with Crippen molar-refractivity contribution < 1.29 is 24.0 Å². The molecule has 0 radical (unpaired) electrons. The van der Waals surface area contributed by atoms with Gasteiger partial charge in [-0.2, -0.15) is 0 Å². The molecule has 2 atom stereocenters. The Morgan fingerprint density at radius 1 is 1.62 bits per heavy atom. The lowest BCUT2D eigenvalue weighted by Crippen LogP contribution is -2.21. The Morgan fingerprint density at radius 3 is 2.86 bits per heavy atom. The number of halogens is 1. The maximum absolute atomic E-state index is 13.5. The van der Waals surface area contributed by atoms with Crippen molar-refractivity contribution >= 4 is 17.3 Å². The van der Waals surface area contributed by atoms with E-state index < -0.39 is 28.0 Å². The third-order valence-electron chi connectivity index (χ3n) is 3.60. The molecule has 0 saturated carbocycles. The topological polar surface area (TPSA) is 102 Å². The molecule has 21 heavy (non-hydrogen) atoms. The normalized spacial score (nSPS) is 21.2. The third-order valence-corrected chi connectivity index (χ3v) is 3.60. The SMILES string of the molecule is CC1OCCC1CNc1cc(C(=O)O)c(F)cc1[N+](=O)[O-]. The van der Waals surface area contributed by atoms with Crippen molar-refractivity contribution in [3.8, 4) is 0 Å². The number of nitrogens with zero attached hydrogens (tertiary/aromatic N) is 1. The van der Waals surface area contributed by atoms with E-state index in [1.807, 2.05) is 6.92 Å². The van der Waals surface area contributed by atoms with Crippen LogP contribution in [0.1, 0.15) is 23.7 Å². The average molecular weight is 298 g/mol. The first-order chi connectivity index (χ1) is 9.90. The van der Waals surface area contributed by atoms with E-state index in [0.29, 0.717) is 19.2 Å². The zero-order chi connectivity index (χ0) is 15.6. The molecule has 0 amide bonds. The summed E-state index contributed by atoms with van der Waals surface area (Å²) in [4.78, 5) is 21.1. The highest BCUT2D eigenvalue weighted by Gasteiger charge is 2.26. The van der Waals surface area contributed by atoms with Crippen LogP contribution < -0.4 is 5.32 Å². The predicted molar refractivity (Wildman–Crippen MR) is 72.0 cm³/mol. The number of hydrogen-bond donors (Lipinski definition) is 2. The van der Waals surface area contributed by atoms with E-state index in [-0.39, 0.29) is 17.7 Å². The number of nitro benzene ring substituents is 1. The number of rotatable bonds is 5. The molecule has 1 aromatic rings. The van der Waals surface area contributed by atoms with E-state index >= 15 is 0 Å². The molecular weight excluding hydrogens is 283 g/mol. The minimum atomic E-state index is -1.47. The Hall–Kier alpha value is -2.22. The molecule has 0 bridgehead atoms. The van der Waals surface area contributed by atoms with E-state index in [1.165, 1.54) is 0 Å². The molecule has 2 unspecified atom stereocenters. The standard InChI is InChI=1S/C13H15FN2O5/c1-7-8(2-3-21-7)6-15-11-4-9(13(17)18)10(14)5-12(11)16(19)20/h4-5,7-8,15H,2-3,6H2,1H3,(H,17,18). The molecule has 1 aliphatic rings. The fourth-order valence-electron chi connectivity index (χ4n) is 2.30. The van der Waals surface area contributed by atoms with E-state index in [2.05, 4.69) is 5.32 Å². The molecule has 1 aliphatic heterocycles. The van der Waals surface area contributed by atoms with Crippen molar-refractivity contribution in [3.05, 3.63) is 33.6 Å². The minimum absolute atomic E-state index is 0.00194. The summed E-state index contributed by atoms with van der Waals surface area (Å²) in [5.41, 5.74) is -1.08. The van der Waals surface area contributed by atoms with Gasteiger partial charge in [0.05, 0.1) is 22.7 Å². The van der Waals surface area contributed by atoms with Gasteiger partial charge in [-0.1, -0.05) is 0 Å². The smallest absolute Gasteiger partial charge is 0.338 e. The Morgan fingerprint density at radius 2 is 2.33 bits per heavy atom. The zero-order valence-corrected chi connectivity index (χ0v) is 11.3. The van der Waals surface area contributed by atoms with Gasteiger partial charge in [0.15, 0.2) is 0 Å². The van der Waals surface area contributed by atoms with Crippen molar-refractivity contribution in [2.24, 2.45) is 5.92 Å². The van der Waals surface area contributed by atoms with Gasteiger partial charge < -0.3 is 15.2 Å². The molecule has 8 heteroatoms. The highest BCUT2D eigenvalue weighted by atomic mass is 19.1. The monoisotopic (exact) mass is 298 g/mol. The zero-order valence-electron chi connectivity index (χ0n) is 11.3. The van der Waals surface area contributed by atoms with Crippen LogP contribution >= 0.6 is 0 Å². The molecule has 1 saturated heterocycles. The molecule has 2 N–H and O–H groups in total. The molecule has 7 nitrogen and oxygen atoms in total. The summed E-state index contributed by atoms with van der Waals surface area (Å²) in [6, 6.07) is 1.58. The fraction of sp³-hybridized carbons (Fsp3) is 0.462. The molecule has 1 fully saturated rings. The van der Waals surface area contributed by atoms with E-state index in [0.717, 1.165) is 12.5 Å². The molecular formula is C13H15FN2O5. The van der Waals surface area contributed by atoms with Crippen molar-refractivity contribution in [2.75, 3.05) is 18.5 Å². The largest absolute Gasteiger partial charge is 0.478 e. The Labute approximate surface area is 119 Å². The highest BCUT2D eigenvalue weighted by Crippen LogP contribution is 2.29. The predicted octanol–water partition coefficient (Wildman–Crippen LogP) is 2.27. The van der Waals surface area contributed by atoms with Crippen molar-refractivity contribution in [1.82, 2.24) is 0 Å². The van der Waals surface area contributed by atoms with Gasteiger partial charge in [-0.25, -0.2) is 9.18 Å². The lowest BCUT2D eigenvalue weighted by atomic mass is 10.0. The number of anilines is 1. The first-order valence-electron chi connectivity index (χ1n) is 6.47. The van der Waals surface area contributed by atoms with Crippen LogP contribution in [0.4, 0.5) is 15.8 Å². The van der Waals surface area contributed by atoms with Gasteiger partial charge in [-0.15, -0.1) is 0 Å². The van der Waals surface area contributed by atoms with Gasteiger partial charge in [0, 0.05) is 19.1 Å². The lowest BCUT2D eigenvalue weighted by molar-refractivity contribution is -0.384. The molecule has 2 rings (SSSR count). The van der Waals surface area contributed by atoms with Crippen LogP contribution in [0.2, 0.25) is 0 Å². The van der Waals surface area contributed by atoms with Crippen LogP contribution in [0.5, 0.6) is 0 Å². The maximum Gasteiger partial charge on any atom is 0.338 e. The van der Waals surface area contributed by atoms with E-state index in [4.69, 9.17) is 9.84 Å². The summed E-state index contributed by atoms with van der Waals surface area (Å²) in [7, 11) is 0. The summed E-state index contributed by atoms with van der Waals surface area (Å²) in [5, 5.41) is 22.7. The van der Waals surface area contributed by atoms with Crippen LogP contribution in [0.25, 0.3) is 0 Å². The second-order valence-corrected chi connectivity index (χ2v) is 4.92. The number of nitrogens with one attached hydrogen (secondary N) is 1. The number of nitro groups is 1. The minimum Gasteiger partial charge on any atom is -0.478 e. The summed E-state index contributed by atoms with van der Waals surface area (Å²) in [5.74, 6) is -2.43. The first-order valence-corrected chi connectivity index (χ1v) is 6.47. The maximum atomic E-state index is 13.5. The van der Waals surface area contributed by atoms with E-state index in [9.17, 15) is 19.3 Å². The number of benzene rings is 1. The number of ether oxygens (including phenoxy) is 1. The summed E-state index contributed by atoms with van der Waals surface area (Å²) >= 11 is 0. The second-order valence-electron chi connectivity index (χ2n) is 4.92. The molecule has 114 valence electrons.